The average Bonchev–Trinajstić information content (AvgIpc) is 2.43. The lowest BCUT2D eigenvalue weighted by Crippen LogP contribution is -2.13. The molecule has 1 aromatic rings. The Morgan fingerprint density at radius 1 is 0.895 bits per heavy atom. The summed E-state index contributed by atoms with van der Waals surface area (Å²) >= 11 is 5.42. The summed E-state index contributed by atoms with van der Waals surface area (Å²) in [4.78, 5) is 0.139. The predicted octanol–water partition coefficient (Wildman–Crippen LogP) is 1.66. The monoisotopic (exact) mass is 308 g/mol. The largest absolute Gasteiger partial charge is 0.378 e. The highest BCUT2D eigenvalue weighted by Crippen LogP contribution is 2.10. The third kappa shape index (κ3) is 6.89. The second kappa shape index (κ2) is 9.28. The van der Waals surface area contributed by atoms with Gasteiger partial charge < -0.3 is 9.47 Å². The Labute approximate surface area is 118 Å². The van der Waals surface area contributed by atoms with Crippen LogP contribution in [0, 0.1) is 0 Å². The molecule has 0 bridgehead atoms. The first-order valence-corrected chi connectivity index (χ1v) is 7.77. The standard InChI is InChI=1S/C12H17ClO5S/c13-6-7-16-8-9-17-10-11-18-19(14,15)12-4-2-1-3-5-12/h1-5H,6-11H2. The van der Waals surface area contributed by atoms with Crippen molar-refractivity contribution >= 4 is 21.7 Å². The predicted molar refractivity (Wildman–Crippen MR) is 71.9 cm³/mol. The van der Waals surface area contributed by atoms with Gasteiger partial charge in [0.05, 0.1) is 37.9 Å². The molecule has 1 aromatic carbocycles. The number of rotatable bonds is 10. The van der Waals surface area contributed by atoms with Gasteiger partial charge in [0, 0.05) is 5.88 Å². The molecule has 7 heteroatoms. The maximum Gasteiger partial charge on any atom is 0.297 e. The fourth-order valence-corrected chi connectivity index (χ4v) is 2.26. The third-order valence-corrected chi connectivity index (χ3v) is 3.57. The van der Waals surface area contributed by atoms with E-state index in [2.05, 4.69) is 0 Å². The lowest BCUT2D eigenvalue weighted by Gasteiger charge is -2.06. The van der Waals surface area contributed by atoms with E-state index < -0.39 is 10.1 Å². The van der Waals surface area contributed by atoms with Crippen LogP contribution in [0.5, 0.6) is 0 Å². The van der Waals surface area contributed by atoms with Crippen LogP contribution >= 0.6 is 11.6 Å². The van der Waals surface area contributed by atoms with E-state index in [0.29, 0.717) is 25.7 Å². The summed E-state index contributed by atoms with van der Waals surface area (Å²) in [5.74, 6) is 0.443. The molecule has 0 saturated carbocycles. The minimum Gasteiger partial charge on any atom is -0.378 e. The van der Waals surface area contributed by atoms with Crippen molar-refractivity contribution in [1.29, 1.82) is 0 Å². The quantitative estimate of drug-likeness (QED) is 0.374. The highest BCUT2D eigenvalue weighted by Gasteiger charge is 2.13. The highest BCUT2D eigenvalue weighted by molar-refractivity contribution is 7.86. The molecule has 0 spiro atoms. The first-order valence-electron chi connectivity index (χ1n) is 5.83. The van der Waals surface area contributed by atoms with Gasteiger partial charge in [0.15, 0.2) is 0 Å². The van der Waals surface area contributed by atoms with Gasteiger partial charge in [-0.1, -0.05) is 18.2 Å². The Balaban J connectivity index is 2.15. The maximum absolute atomic E-state index is 11.7. The fraction of sp³-hybridized carbons (Fsp3) is 0.500. The van der Waals surface area contributed by atoms with Gasteiger partial charge in [0.25, 0.3) is 10.1 Å². The van der Waals surface area contributed by atoms with E-state index >= 15 is 0 Å². The normalized spacial score (nSPS) is 11.6. The van der Waals surface area contributed by atoms with Gasteiger partial charge in [0.2, 0.25) is 0 Å². The van der Waals surface area contributed by atoms with Crippen LogP contribution in [0.25, 0.3) is 0 Å². The highest BCUT2D eigenvalue weighted by atomic mass is 35.5. The third-order valence-electron chi connectivity index (χ3n) is 2.09. The van der Waals surface area contributed by atoms with E-state index in [9.17, 15) is 8.42 Å². The van der Waals surface area contributed by atoms with Crippen LogP contribution in [-0.4, -0.2) is 47.3 Å². The van der Waals surface area contributed by atoms with Crippen molar-refractivity contribution in [1.82, 2.24) is 0 Å². The number of hydrogen-bond acceptors (Lipinski definition) is 5. The Morgan fingerprint density at radius 2 is 1.47 bits per heavy atom. The van der Waals surface area contributed by atoms with Gasteiger partial charge in [-0.2, -0.15) is 8.42 Å². The molecular weight excluding hydrogens is 292 g/mol. The molecule has 0 unspecified atom stereocenters. The zero-order valence-corrected chi connectivity index (χ0v) is 12.0. The molecule has 0 aliphatic carbocycles. The molecule has 0 fully saturated rings. The van der Waals surface area contributed by atoms with Crippen LogP contribution < -0.4 is 0 Å². The second-order valence-electron chi connectivity index (χ2n) is 3.50. The Kier molecular flexibility index (Phi) is 8.00. The van der Waals surface area contributed by atoms with Gasteiger partial charge in [0.1, 0.15) is 0 Å². The topological polar surface area (TPSA) is 61.8 Å². The van der Waals surface area contributed by atoms with E-state index in [1.165, 1.54) is 12.1 Å². The summed E-state index contributed by atoms with van der Waals surface area (Å²) < 4.78 is 38.4. The van der Waals surface area contributed by atoms with E-state index in [-0.39, 0.29) is 18.1 Å². The van der Waals surface area contributed by atoms with Gasteiger partial charge in [-0.3, -0.25) is 4.18 Å². The molecule has 0 radical (unpaired) electrons. The van der Waals surface area contributed by atoms with Crippen LogP contribution in [0.2, 0.25) is 0 Å². The Bertz CT molecular complexity index is 435. The number of benzene rings is 1. The smallest absolute Gasteiger partial charge is 0.297 e. The fourth-order valence-electron chi connectivity index (χ4n) is 1.23. The van der Waals surface area contributed by atoms with Crippen LogP contribution in [0.4, 0.5) is 0 Å². The van der Waals surface area contributed by atoms with Crippen LogP contribution in [-0.2, 0) is 23.8 Å². The molecule has 5 nitrogen and oxygen atoms in total. The molecule has 0 amide bonds. The minimum atomic E-state index is -3.69. The van der Waals surface area contributed by atoms with E-state index in [1.54, 1.807) is 18.2 Å². The zero-order valence-electron chi connectivity index (χ0n) is 10.5. The van der Waals surface area contributed by atoms with Crippen LogP contribution in [0.3, 0.4) is 0 Å². The molecule has 0 heterocycles. The van der Waals surface area contributed by atoms with E-state index in [1.807, 2.05) is 0 Å². The molecule has 0 aliphatic heterocycles. The summed E-state index contributed by atoms with van der Waals surface area (Å²) in [7, 11) is -3.69. The minimum absolute atomic E-state index is 0.0211. The number of alkyl halides is 1. The first-order chi connectivity index (χ1) is 9.17. The number of hydrogen-bond donors (Lipinski definition) is 0. The molecule has 1 rings (SSSR count). The van der Waals surface area contributed by atoms with Crippen molar-refractivity contribution < 1.29 is 22.1 Å². The van der Waals surface area contributed by atoms with Gasteiger partial charge in [-0.25, -0.2) is 0 Å². The maximum atomic E-state index is 11.7. The zero-order chi connectivity index (χ0) is 14.0. The van der Waals surface area contributed by atoms with Crippen molar-refractivity contribution in [3.05, 3.63) is 30.3 Å². The summed E-state index contributed by atoms with van der Waals surface area (Å²) in [6.45, 7) is 1.45. The summed E-state index contributed by atoms with van der Waals surface area (Å²) in [6.07, 6.45) is 0. The van der Waals surface area contributed by atoms with Gasteiger partial charge in [-0.15, -0.1) is 11.6 Å². The molecule has 0 N–H and O–H groups in total. The molecule has 0 saturated heterocycles. The number of ether oxygens (including phenoxy) is 2. The van der Waals surface area contributed by atoms with Crippen molar-refractivity contribution in [2.45, 2.75) is 4.90 Å². The van der Waals surface area contributed by atoms with E-state index in [4.69, 9.17) is 25.3 Å². The van der Waals surface area contributed by atoms with Crippen molar-refractivity contribution in [2.75, 3.05) is 38.9 Å². The lowest BCUT2D eigenvalue weighted by atomic mass is 10.4. The van der Waals surface area contributed by atoms with Crippen molar-refractivity contribution in [2.24, 2.45) is 0 Å². The first kappa shape index (κ1) is 16.4. The molecular formula is C12H17ClO5S. The van der Waals surface area contributed by atoms with Crippen molar-refractivity contribution in [3.8, 4) is 0 Å². The van der Waals surface area contributed by atoms with Gasteiger partial charge >= 0.3 is 0 Å². The number of halogens is 1. The van der Waals surface area contributed by atoms with Crippen LogP contribution in [0.15, 0.2) is 35.2 Å². The summed E-state index contributed by atoms with van der Waals surface area (Å²) in [5, 5.41) is 0. The summed E-state index contributed by atoms with van der Waals surface area (Å²) in [5.41, 5.74) is 0. The molecule has 19 heavy (non-hydrogen) atoms. The van der Waals surface area contributed by atoms with E-state index in [0.717, 1.165) is 0 Å². The average molecular weight is 309 g/mol. The van der Waals surface area contributed by atoms with Crippen LogP contribution in [0.1, 0.15) is 0 Å². The lowest BCUT2D eigenvalue weighted by molar-refractivity contribution is 0.0418. The Morgan fingerprint density at radius 3 is 2.11 bits per heavy atom. The molecule has 108 valence electrons. The van der Waals surface area contributed by atoms with Crippen molar-refractivity contribution in [3.63, 3.8) is 0 Å². The molecule has 0 aliphatic rings. The second-order valence-corrected chi connectivity index (χ2v) is 5.50. The molecule has 0 atom stereocenters. The Hall–Kier alpha value is -0.660. The van der Waals surface area contributed by atoms with Gasteiger partial charge in [-0.05, 0) is 12.1 Å². The molecule has 0 aromatic heterocycles. The SMILES string of the molecule is O=S(=O)(OCCOCCOCCCl)c1ccccc1. The summed E-state index contributed by atoms with van der Waals surface area (Å²) in [6, 6.07) is 7.98.